The topological polar surface area (TPSA) is 51.8 Å². The number of anilines is 1. The highest BCUT2D eigenvalue weighted by Gasteiger charge is 2.14. The highest BCUT2D eigenvalue weighted by molar-refractivity contribution is 14.1. The van der Waals surface area contributed by atoms with Crippen molar-refractivity contribution < 1.29 is 8.78 Å². The summed E-state index contributed by atoms with van der Waals surface area (Å²) in [5.74, 6) is 0.0934. The molecule has 1 aromatic rings. The van der Waals surface area contributed by atoms with Crippen LogP contribution in [-0.4, -0.2) is 9.97 Å². The van der Waals surface area contributed by atoms with Crippen LogP contribution in [0.4, 0.5) is 14.6 Å². The molecule has 1 heterocycles. The quantitative estimate of drug-likeness (QED) is 0.789. The number of halogens is 3. The number of aromatic nitrogens is 2. The van der Waals surface area contributed by atoms with E-state index in [-0.39, 0.29) is 15.1 Å². The van der Waals surface area contributed by atoms with Gasteiger partial charge in [-0.3, -0.25) is 0 Å². The molecule has 0 spiro atoms. The van der Waals surface area contributed by atoms with Crippen LogP contribution in [0.1, 0.15) is 12.1 Å². The van der Waals surface area contributed by atoms with Gasteiger partial charge in [-0.05, 0) is 22.6 Å². The Bertz CT molecular complexity index is 266. The van der Waals surface area contributed by atoms with E-state index >= 15 is 0 Å². The molecule has 0 saturated heterocycles. The number of hydrogen-bond donors (Lipinski definition) is 1. The third-order valence-corrected chi connectivity index (χ3v) is 2.16. The number of nitrogens with zero attached hydrogens (tertiary/aromatic N) is 2. The normalized spacial score (nSPS) is 10.5. The highest BCUT2D eigenvalue weighted by atomic mass is 127. The Labute approximate surface area is 75.2 Å². The monoisotopic (exact) mass is 271 g/mol. The van der Waals surface area contributed by atoms with Crippen molar-refractivity contribution in [1.82, 2.24) is 9.97 Å². The number of rotatable bonds is 1. The Kier molecular flexibility index (Phi) is 2.53. The fraction of sp³-hybridized carbons (Fsp3) is 0.200. The first-order chi connectivity index (χ1) is 5.13. The average molecular weight is 271 g/mol. The van der Waals surface area contributed by atoms with E-state index in [0.29, 0.717) is 0 Å². The van der Waals surface area contributed by atoms with Crippen LogP contribution in [0.15, 0.2) is 6.33 Å². The maximum absolute atomic E-state index is 12.1. The van der Waals surface area contributed by atoms with Crippen molar-refractivity contribution in [2.75, 3.05) is 5.73 Å². The van der Waals surface area contributed by atoms with Crippen LogP contribution in [0.2, 0.25) is 0 Å². The van der Waals surface area contributed by atoms with E-state index in [0.717, 1.165) is 6.33 Å². The zero-order valence-electron chi connectivity index (χ0n) is 5.26. The second-order valence-corrected chi connectivity index (χ2v) is 2.84. The van der Waals surface area contributed by atoms with Gasteiger partial charge in [-0.15, -0.1) is 0 Å². The summed E-state index contributed by atoms with van der Waals surface area (Å²) in [6.45, 7) is 0. The van der Waals surface area contributed by atoms with Gasteiger partial charge in [-0.25, -0.2) is 18.7 Å². The summed E-state index contributed by atoms with van der Waals surface area (Å²) in [7, 11) is 0. The van der Waals surface area contributed by atoms with E-state index in [9.17, 15) is 8.78 Å². The third-order valence-electron chi connectivity index (χ3n) is 1.05. The predicted molar refractivity (Wildman–Crippen MR) is 44.1 cm³/mol. The smallest absolute Gasteiger partial charge is 0.281 e. The third kappa shape index (κ3) is 1.73. The van der Waals surface area contributed by atoms with Crippen molar-refractivity contribution >= 4 is 28.4 Å². The molecule has 3 nitrogen and oxygen atoms in total. The summed E-state index contributed by atoms with van der Waals surface area (Å²) in [5, 5.41) is 0. The molecule has 1 aromatic heterocycles. The van der Waals surface area contributed by atoms with Gasteiger partial charge < -0.3 is 5.73 Å². The summed E-state index contributed by atoms with van der Waals surface area (Å²) in [6, 6.07) is 0. The predicted octanol–water partition coefficient (Wildman–Crippen LogP) is 1.60. The molecule has 0 unspecified atom stereocenters. The largest absolute Gasteiger partial charge is 0.383 e. The molecule has 60 valence electrons. The van der Waals surface area contributed by atoms with Gasteiger partial charge in [0.2, 0.25) is 0 Å². The van der Waals surface area contributed by atoms with E-state index in [1.54, 1.807) is 22.6 Å². The van der Waals surface area contributed by atoms with Crippen molar-refractivity contribution in [2.24, 2.45) is 0 Å². The van der Waals surface area contributed by atoms with Gasteiger partial charge >= 0.3 is 0 Å². The first-order valence-corrected chi connectivity index (χ1v) is 3.75. The SMILES string of the molecule is Nc1ncnc(C(F)F)c1I. The van der Waals surface area contributed by atoms with Crippen LogP contribution in [0.3, 0.4) is 0 Å². The van der Waals surface area contributed by atoms with Crippen molar-refractivity contribution in [1.29, 1.82) is 0 Å². The summed E-state index contributed by atoms with van der Waals surface area (Å²) in [4.78, 5) is 6.94. The Hall–Kier alpha value is -0.530. The Morgan fingerprint density at radius 1 is 1.45 bits per heavy atom. The lowest BCUT2D eigenvalue weighted by atomic mass is 10.4. The van der Waals surface area contributed by atoms with Gasteiger partial charge in [0.05, 0.1) is 3.57 Å². The molecule has 0 amide bonds. The lowest BCUT2D eigenvalue weighted by molar-refractivity contribution is 0.145. The van der Waals surface area contributed by atoms with Crippen LogP contribution < -0.4 is 5.73 Å². The molecule has 0 fully saturated rings. The van der Waals surface area contributed by atoms with Gasteiger partial charge in [0.1, 0.15) is 17.8 Å². The molecule has 11 heavy (non-hydrogen) atoms. The van der Waals surface area contributed by atoms with Gasteiger partial charge in [0.15, 0.2) is 0 Å². The first kappa shape index (κ1) is 8.57. The molecule has 0 bridgehead atoms. The number of nitrogens with two attached hydrogens (primary N) is 1. The summed E-state index contributed by atoms with van der Waals surface area (Å²) in [5.41, 5.74) is 4.96. The first-order valence-electron chi connectivity index (χ1n) is 2.67. The fourth-order valence-corrected chi connectivity index (χ4v) is 1.06. The van der Waals surface area contributed by atoms with Crippen LogP contribution in [0.5, 0.6) is 0 Å². The van der Waals surface area contributed by atoms with Gasteiger partial charge in [0.25, 0.3) is 6.43 Å². The van der Waals surface area contributed by atoms with Gasteiger partial charge in [-0.2, -0.15) is 0 Å². The molecule has 6 heteroatoms. The highest BCUT2D eigenvalue weighted by Crippen LogP contribution is 2.24. The zero-order chi connectivity index (χ0) is 8.43. The number of hydrogen-bond acceptors (Lipinski definition) is 3. The van der Waals surface area contributed by atoms with Crippen molar-refractivity contribution in [3.05, 3.63) is 15.6 Å². The second kappa shape index (κ2) is 3.24. The van der Waals surface area contributed by atoms with Gasteiger partial charge in [0, 0.05) is 0 Å². The van der Waals surface area contributed by atoms with Crippen molar-refractivity contribution in [3.63, 3.8) is 0 Å². The molecule has 2 N–H and O–H groups in total. The van der Waals surface area contributed by atoms with Crippen LogP contribution >= 0.6 is 22.6 Å². The molecule has 0 atom stereocenters. The Balaban J connectivity index is 3.17. The van der Waals surface area contributed by atoms with Crippen molar-refractivity contribution in [3.8, 4) is 0 Å². The number of nitrogen functional groups attached to an aromatic ring is 1. The van der Waals surface area contributed by atoms with E-state index in [1.165, 1.54) is 0 Å². The van der Waals surface area contributed by atoms with Gasteiger partial charge in [-0.1, -0.05) is 0 Å². The van der Waals surface area contributed by atoms with E-state index < -0.39 is 6.43 Å². The summed E-state index contributed by atoms with van der Waals surface area (Å²) < 4.78 is 24.3. The second-order valence-electron chi connectivity index (χ2n) is 1.76. The standard InChI is InChI=1S/C5H4F2IN3/c6-4(7)3-2(8)5(9)11-1-10-3/h1,4H,(H2,9,10,11). The van der Waals surface area contributed by atoms with Crippen LogP contribution in [0, 0.1) is 3.57 Å². The Morgan fingerprint density at radius 2 is 2.09 bits per heavy atom. The average Bonchev–Trinajstić information content (AvgIpc) is 1.94. The maximum atomic E-state index is 12.1. The molecular weight excluding hydrogens is 267 g/mol. The minimum Gasteiger partial charge on any atom is -0.383 e. The van der Waals surface area contributed by atoms with E-state index in [1.807, 2.05) is 0 Å². The molecule has 0 aliphatic carbocycles. The lowest BCUT2D eigenvalue weighted by Gasteiger charge is -2.01. The van der Waals surface area contributed by atoms with Crippen LogP contribution in [0.25, 0.3) is 0 Å². The zero-order valence-corrected chi connectivity index (χ0v) is 7.42. The molecule has 0 aliphatic rings. The number of alkyl halides is 2. The molecular formula is C5H4F2IN3. The fourth-order valence-electron chi connectivity index (χ4n) is 0.550. The molecule has 0 aromatic carbocycles. The van der Waals surface area contributed by atoms with E-state index in [4.69, 9.17) is 5.73 Å². The lowest BCUT2D eigenvalue weighted by Crippen LogP contribution is -2.01. The molecule has 1 rings (SSSR count). The Morgan fingerprint density at radius 3 is 2.55 bits per heavy atom. The minimum absolute atomic E-state index is 0.0934. The van der Waals surface area contributed by atoms with E-state index in [2.05, 4.69) is 9.97 Å². The van der Waals surface area contributed by atoms with Crippen LogP contribution in [-0.2, 0) is 0 Å². The summed E-state index contributed by atoms with van der Waals surface area (Å²) in [6.07, 6.45) is -1.56. The maximum Gasteiger partial charge on any atom is 0.281 e. The molecule has 0 saturated carbocycles. The minimum atomic E-state index is -2.59. The summed E-state index contributed by atoms with van der Waals surface area (Å²) >= 11 is 1.69. The molecule has 0 aliphatic heterocycles. The molecule has 0 radical (unpaired) electrons. The van der Waals surface area contributed by atoms with Crippen molar-refractivity contribution in [2.45, 2.75) is 6.43 Å².